The van der Waals surface area contributed by atoms with Crippen molar-refractivity contribution in [3.05, 3.63) is 54.1 Å². The molecular weight excluding hydrogens is 374 g/mol. The summed E-state index contributed by atoms with van der Waals surface area (Å²) in [4.78, 5) is 12.6. The summed E-state index contributed by atoms with van der Waals surface area (Å²) in [5, 5.41) is 6.39. The van der Waals surface area contributed by atoms with E-state index in [0.717, 1.165) is 9.99 Å². The summed E-state index contributed by atoms with van der Waals surface area (Å²) in [6.45, 7) is 0. The van der Waals surface area contributed by atoms with Gasteiger partial charge < -0.3 is 10.6 Å². The highest BCUT2D eigenvalue weighted by Gasteiger charge is 2.17. The van der Waals surface area contributed by atoms with Crippen molar-refractivity contribution >= 4 is 27.3 Å². The first-order chi connectivity index (χ1) is 13.4. The van der Waals surface area contributed by atoms with Crippen LogP contribution in [0.4, 0.5) is 11.4 Å². The first-order valence-corrected chi connectivity index (χ1v) is 11.0. The summed E-state index contributed by atoms with van der Waals surface area (Å²) in [6, 6.07) is 14.1. The van der Waals surface area contributed by atoms with Crippen molar-refractivity contribution in [1.82, 2.24) is 4.31 Å². The maximum atomic E-state index is 12.4. The molecule has 7 heteroatoms. The largest absolute Gasteiger partial charge is 0.382 e. The van der Waals surface area contributed by atoms with Gasteiger partial charge in [-0.1, -0.05) is 19.3 Å². The van der Waals surface area contributed by atoms with E-state index in [2.05, 4.69) is 10.6 Å². The number of amides is 1. The second-order valence-electron chi connectivity index (χ2n) is 7.32. The predicted octanol–water partition coefficient (Wildman–Crippen LogP) is 3.93. The van der Waals surface area contributed by atoms with Gasteiger partial charge in [-0.3, -0.25) is 4.79 Å². The molecule has 1 saturated carbocycles. The number of benzene rings is 2. The molecule has 3 rings (SSSR count). The maximum absolute atomic E-state index is 12.4. The molecule has 0 aliphatic heterocycles. The fraction of sp³-hybridized carbons (Fsp3) is 0.381. The van der Waals surface area contributed by atoms with Crippen LogP contribution in [0.15, 0.2) is 53.4 Å². The van der Waals surface area contributed by atoms with Gasteiger partial charge in [0.05, 0.1) is 4.90 Å². The van der Waals surface area contributed by atoms with E-state index in [0.29, 0.717) is 17.3 Å². The lowest BCUT2D eigenvalue weighted by Crippen LogP contribution is -2.22. The summed E-state index contributed by atoms with van der Waals surface area (Å²) in [5.74, 6) is -0.276. The molecule has 2 aromatic rings. The third-order valence-corrected chi connectivity index (χ3v) is 6.84. The summed E-state index contributed by atoms with van der Waals surface area (Å²) in [6.07, 6.45) is 6.29. The van der Waals surface area contributed by atoms with Gasteiger partial charge in [0, 0.05) is 37.1 Å². The molecule has 1 amide bonds. The Bertz CT molecular complexity index is 901. The molecule has 1 aliphatic rings. The molecule has 0 aromatic heterocycles. The predicted molar refractivity (Wildman–Crippen MR) is 112 cm³/mol. The average molecular weight is 402 g/mol. The molecule has 0 heterocycles. The summed E-state index contributed by atoms with van der Waals surface area (Å²) < 4.78 is 25.3. The zero-order valence-electron chi connectivity index (χ0n) is 16.3. The Labute approximate surface area is 167 Å². The number of sulfonamides is 1. The molecule has 0 atom stereocenters. The number of anilines is 2. The van der Waals surface area contributed by atoms with Crippen molar-refractivity contribution in [1.29, 1.82) is 0 Å². The van der Waals surface area contributed by atoms with Crippen LogP contribution >= 0.6 is 0 Å². The van der Waals surface area contributed by atoms with E-state index >= 15 is 0 Å². The Balaban J connectivity index is 1.61. The van der Waals surface area contributed by atoms with Gasteiger partial charge in [-0.2, -0.15) is 0 Å². The van der Waals surface area contributed by atoms with Crippen molar-refractivity contribution in [2.45, 2.75) is 43.0 Å². The minimum Gasteiger partial charge on any atom is -0.382 e. The normalized spacial score (nSPS) is 15.4. The summed E-state index contributed by atoms with van der Waals surface area (Å²) >= 11 is 0. The van der Waals surface area contributed by atoms with E-state index in [4.69, 9.17) is 0 Å². The van der Waals surface area contributed by atoms with Gasteiger partial charge in [-0.15, -0.1) is 0 Å². The van der Waals surface area contributed by atoms with Crippen LogP contribution in [0.5, 0.6) is 0 Å². The van der Waals surface area contributed by atoms with Crippen molar-refractivity contribution in [3.63, 3.8) is 0 Å². The molecule has 1 fully saturated rings. The molecule has 1 aliphatic carbocycles. The van der Waals surface area contributed by atoms with E-state index in [1.807, 2.05) is 24.3 Å². The molecule has 0 unspecified atom stereocenters. The topological polar surface area (TPSA) is 78.5 Å². The highest BCUT2D eigenvalue weighted by atomic mass is 32.2. The number of hydrogen-bond acceptors (Lipinski definition) is 4. The minimum absolute atomic E-state index is 0.159. The van der Waals surface area contributed by atoms with Gasteiger partial charge in [0.1, 0.15) is 0 Å². The zero-order chi connectivity index (χ0) is 20.1. The molecule has 2 N–H and O–H groups in total. The number of carbonyl (C=O) groups excluding carboxylic acids is 1. The van der Waals surface area contributed by atoms with Gasteiger partial charge in [0.15, 0.2) is 0 Å². The number of carbonyl (C=O) groups is 1. The smallest absolute Gasteiger partial charge is 0.255 e. The molecule has 2 aromatic carbocycles. The number of nitrogens with one attached hydrogen (secondary N) is 2. The van der Waals surface area contributed by atoms with Crippen LogP contribution in [0.3, 0.4) is 0 Å². The summed E-state index contributed by atoms with van der Waals surface area (Å²) in [7, 11) is -0.551. The van der Waals surface area contributed by atoms with Crippen LogP contribution in [-0.4, -0.2) is 38.8 Å². The highest BCUT2D eigenvalue weighted by Crippen LogP contribution is 2.23. The molecular formula is C21H27N3O3S. The van der Waals surface area contributed by atoms with Gasteiger partial charge in [0.25, 0.3) is 5.91 Å². The second kappa shape index (κ2) is 8.75. The highest BCUT2D eigenvalue weighted by molar-refractivity contribution is 7.89. The molecule has 0 radical (unpaired) electrons. The maximum Gasteiger partial charge on any atom is 0.255 e. The van der Waals surface area contributed by atoms with E-state index < -0.39 is 10.0 Å². The molecule has 150 valence electrons. The Hall–Kier alpha value is -2.38. The van der Waals surface area contributed by atoms with Crippen LogP contribution in [-0.2, 0) is 10.0 Å². The molecule has 0 bridgehead atoms. The minimum atomic E-state index is -3.50. The molecule has 0 spiro atoms. The lowest BCUT2D eigenvalue weighted by atomic mass is 9.95. The average Bonchev–Trinajstić information content (AvgIpc) is 2.70. The van der Waals surface area contributed by atoms with Gasteiger partial charge in [-0.25, -0.2) is 12.7 Å². The van der Waals surface area contributed by atoms with Crippen LogP contribution < -0.4 is 10.6 Å². The van der Waals surface area contributed by atoms with Crippen molar-refractivity contribution in [3.8, 4) is 0 Å². The van der Waals surface area contributed by atoms with Crippen molar-refractivity contribution < 1.29 is 13.2 Å². The van der Waals surface area contributed by atoms with E-state index in [-0.39, 0.29) is 10.8 Å². The zero-order valence-corrected chi connectivity index (χ0v) is 17.1. The second-order valence-corrected chi connectivity index (χ2v) is 9.47. The fourth-order valence-corrected chi connectivity index (χ4v) is 4.23. The first kappa shape index (κ1) is 20.4. The standard InChI is InChI=1S/C21H27N3O3S/c1-24(2)28(26,27)20-14-8-16(9-15-20)21(25)23-19-12-10-18(11-13-19)22-17-6-4-3-5-7-17/h8-15,17,22H,3-7H2,1-2H3,(H,23,25). The Morgan fingerprint density at radius 3 is 2.04 bits per heavy atom. The Kier molecular flexibility index (Phi) is 6.36. The summed E-state index contributed by atoms with van der Waals surface area (Å²) in [5.41, 5.74) is 2.16. The van der Waals surface area contributed by atoms with E-state index in [1.54, 1.807) is 0 Å². The number of nitrogens with zero attached hydrogens (tertiary/aromatic N) is 1. The van der Waals surface area contributed by atoms with E-state index in [1.165, 1.54) is 70.5 Å². The first-order valence-electron chi connectivity index (χ1n) is 9.57. The van der Waals surface area contributed by atoms with Crippen LogP contribution in [0, 0.1) is 0 Å². The number of hydrogen-bond donors (Lipinski definition) is 2. The molecule has 0 saturated heterocycles. The third kappa shape index (κ3) is 4.91. The molecule has 6 nitrogen and oxygen atoms in total. The van der Waals surface area contributed by atoms with Crippen LogP contribution in [0.25, 0.3) is 0 Å². The van der Waals surface area contributed by atoms with Gasteiger partial charge in [-0.05, 0) is 61.4 Å². The van der Waals surface area contributed by atoms with E-state index in [9.17, 15) is 13.2 Å². The van der Waals surface area contributed by atoms with Crippen molar-refractivity contribution in [2.75, 3.05) is 24.7 Å². The lowest BCUT2D eigenvalue weighted by Gasteiger charge is -2.23. The quantitative estimate of drug-likeness (QED) is 0.769. The molecule has 28 heavy (non-hydrogen) atoms. The van der Waals surface area contributed by atoms with Crippen LogP contribution in [0.1, 0.15) is 42.5 Å². The van der Waals surface area contributed by atoms with Crippen molar-refractivity contribution in [2.24, 2.45) is 0 Å². The Morgan fingerprint density at radius 2 is 1.46 bits per heavy atom. The monoisotopic (exact) mass is 401 g/mol. The SMILES string of the molecule is CN(C)S(=O)(=O)c1ccc(C(=O)Nc2ccc(NC3CCCCC3)cc2)cc1. The Morgan fingerprint density at radius 1 is 0.893 bits per heavy atom. The lowest BCUT2D eigenvalue weighted by molar-refractivity contribution is 0.102. The van der Waals surface area contributed by atoms with Crippen LogP contribution in [0.2, 0.25) is 0 Å². The number of rotatable bonds is 6. The third-order valence-electron chi connectivity index (χ3n) is 5.01. The fourth-order valence-electron chi connectivity index (χ4n) is 3.32. The van der Waals surface area contributed by atoms with Gasteiger partial charge in [0.2, 0.25) is 10.0 Å². The van der Waals surface area contributed by atoms with Gasteiger partial charge >= 0.3 is 0 Å².